The zero-order chi connectivity index (χ0) is 15.1. The Morgan fingerprint density at radius 1 is 1.32 bits per heavy atom. The van der Waals surface area contributed by atoms with E-state index in [9.17, 15) is 4.79 Å². The molecule has 2 aliphatic rings. The number of thiazole rings is 1. The third kappa shape index (κ3) is 2.49. The predicted octanol–water partition coefficient (Wildman–Crippen LogP) is 1.33. The van der Waals surface area contributed by atoms with Crippen LogP contribution in [0.15, 0.2) is 24.0 Å². The molecule has 6 nitrogen and oxygen atoms in total. The molecule has 22 heavy (non-hydrogen) atoms. The average molecular weight is 317 g/mol. The third-order valence-electron chi connectivity index (χ3n) is 4.54. The van der Waals surface area contributed by atoms with E-state index in [2.05, 4.69) is 15.0 Å². The highest BCUT2D eigenvalue weighted by molar-refractivity contribution is 7.13. The van der Waals surface area contributed by atoms with Gasteiger partial charge in [-0.1, -0.05) is 0 Å². The molecule has 2 unspecified atom stereocenters. The average Bonchev–Trinajstić information content (AvgIpc) is 2.95. The van der Waals surface area contributed by atoms with Crippen LogP contribution in [-0.2, 0) is 11.8 Å². The van der Waals surface area contributed by atoms with Crippen molar-refractivity contribution in [1.29, 1.82) is 0 Å². The van der Waals surface area contributed by atoms with E-state index in [0.29, 0.717) is 11.8 Å². The lowest BCUT2D eigenvalue weighted by molar-refractivity contribution is -0.132. The Kier molecular flexibility index (Phi) is 3.37. The summed E-state index contributed by atoms with van der Waals surface area (Å²) >= 11 is 1.66. The van der Waals surface area contributed by atoms with E-state index < -0.39 is 0 Å². The zero-order valence-corrected chi connectivity index (χ0v) is 13.4. The summed E-state index contributed by atoms with van der Waals surface area (Å²) in [4.78, 5) is 21.2. The second-order valence-corrected chi connectivity index (χ2v) is 6.90. The van der Waals surface area contributed by atoms with Crippen LogP contribution < -0.4 is 4.90 Å². The Labute approximate surface area is 133 Å². The minimum absolute atomic E-state index is 0.163. The van der Waals surface area contributed by atoms with Crippen LogP contribution in [0.1, 0.15) is 17.9 Å². The lowest BCUT2D eigenvalue weighted by atomic mass is 10.2. The van der Waals surface area contributed by atoms with Crippen LogP contribution in [0.4, 0.5) is 5.13 Å². The van der Waals surface area contributed by atoms with Gasteiger partial charge in [-0.2, -0.15) is 5.10 Å². The number of amides is 1. The summed E-state index contributed by atoms with van der Waals surface area (Å²) in [6.45, 7) is 3.36. The molecule has 0 aromatic carbocycles. The maximum Gasteiger partial charge on any atom is 0.226 e. The van der Waals surface area contributed by atoms with Gasteiger partial charge in [0, 0.05) is 56.9 Å². The maximum absolute atomic E-state index is 12.6. The van der Waals surface area contributed by atoms with Crippen molar-refractivity contribution in [2.75, 3.05) is 31.1 Å². The molecule has 1 saturated carbocycles. The van der Waals surface area contributed by atoms with Crippen molar-refractivity contribution in [1.82, 2.24) is 19.7 Å². The molecular formula is C15H19N5OS. The lowest BCUT2D eigenvalue weighted by Crippen LogP contribution is -2.49. The minimum atomic E-state index is 0.163. The smallest absolute Gasteiger partial charge is 0.226 e. The Morgan fingerprint density at radius 2 is 2.14 bits per heavy atom. The molecule has 1 saturated heterocycles. The number of aryl methyl sites for hydroxylation is 1. The van der Waals surface area contributed by atoms with Crippen molar-refractivity contribution >= 4 is 22.4 Å². The molecule has 1 aliphatic heterocycles. The molecule has 4 rings (SSSR count). The van der Waals surface area contributed by atoms with E-state index in [4.69, 9.17) is 0 Å². The molecule has 3 heterocycles. The van der Waals surface area contributed by atoms with Crippen LogP contribution in [0.2, 0.25) is 0 Å². The van der Waals surface area contributed by atoms with Gasteiger partial charge in [0.1, 0.15) is 0 Å². The zero-order valence-electron chi connectivity index (χ0n) is 12.6. The van der Waals surface area contributed by atoms with E-state index in [1.165, 1.54) is 5.56 Å². The molecule has 7 heteroatoms. The second kappa shape index (κ2) is 5.39. The maximum atomic E-state index is 12.6. The highest BCUT2D eigenvalue weighted by atomic mass is 32.1. The number of rotatable bonds is 3. The minimum Gasteiger partial charge on any atom is -0.345 e. The Morgan fingerprint density at radius 3 is 2.77 bits per heavy atom. The van der Waals surface area contributed by atoms with Gasteiger partial charge in [0.2, 0.25) is 5.91 Å². The lowest BCUT2D eigenvalue weighted by Gasteiger charge is -2.34. The number of hydrogen-bond acceptors (Lipinski definition) is 5. The quantitative estimate of drug-likeness (QED) is 0.857. The molecule has 0 radical (unpaired) electrons. The number of aromatic nitrogens is 3. The fraction of sp³-hybridized carbons (Fsp3) is 0.533. The van der Waals surface area contributed by atoms with E-state index in [1.54, 1.807) is 11.3 Å². The molecule has 1 amide bonds. The molecule has 116 valence electrons. The van der Waals surface area contributed by atoms with Gasteiger partial charge in [-0.25, -0.2) is 4.98 Å². The number of carbonyl (C=O) groups excluding carboxylic acids is 1. The third-order valence-corrected chi connectivity index (χ3v) is 5.37. The summed E-state index contributed by atoms with van der Waals surface area (Å²) in [5.74, 6) is 0.849. The summed E-state index contributed by atoms with van der Waals surface area (Å²) < 4.78 is 1.81. The molecule has 1 aliphatic carbocycles. The van der Waals surface area contributed by atoms with Crippen LogP contribution in [0.3, 0.4) is 0 Å². The van der Waals surface area contributed by atoms with Crippen molar-refractivity contribution in [2.24, 2.45) is 13.0 Å². The largest absolute Gasteiger partial charge is 0.345 e. The fourth-order valence-electron chi connectivity index (χ4n) is 3.19. The first-order valence-corrected chi connectivity index (χ1v) is 8.52. The van der Waals surface area contributed by atoms with E-state index in [0.717, 1.165) is 37.7 Å². The summed E-state index contributed by atoms with van der Waals surface area (Å²) in [7, 11) is 1.92. The van der Waals surface area contributed by atoms with Crippen LogP contribution in [0.25, 0.3) is 0 Å². The number of piperazine rings is 1. The standard InChI is InChI=1S/C15H19N5OS/c1-18-10-11(9-17-18)12-8-13(12)14(21)19-3-5-20(6-4-19)15-16-2-7-22-15/h2,7,9-10,12-13H,3-6,8H2,1H3. The van der Waals surface area contributed by atoms with Crippen molar-refractivity contribution < 1.29 is 4.79 Å². The van der Waals surface area contributed by atoms with Crippen molar-refractivity contribution in [3.8, 4) is 0 Å². The van der Waals surface area contributed by atoms with Crippen LogP contribution in [0, 0.1) is 5.92 Å². The second-order valence-electron chi connectivity index (χ2n) is 6.02. The van der Waals surface area contributed by atoms with Gasteiger partial charge in [-0.15, -0.1) is 11.3 Å². The normalized spacial score (nSPS) is 24.6. The molecule has 0 N–H and O–H groups in total. The molecule has 0 spiro atoms. The fourth-order valence-corrected chi connectivity index (χ4v) is 3.89. The number of hydrogen-bond donors (Lipinski definition) is 0. The van der Waals surface area contributed by atoms with Crippen molar-refractivity contribution in [3.05, 3.63) is 29.5 Å². The van der Waals surface area contributed by atoms with Crippen LogP contribution in [0.5, 0.6) is 0 Å². The molecule has 2 aromatic heterocycles. The molecular weight excluding hydrogens is 298 g/mol. The predicted molar refractivity (Wildman–Crippen MR) is 85.0 cm³/mol. The first kappa shape index (κ1) is 13.8. The van der Waals surface area contributed by atoms with Crippen molar-refractivity contribution in [2.45, 2.75) is 12.3 Å². The van der Waals surface area contributed by atoms with Gasteiger partial charge in [-0.3, -0.25) is 9.48 Å². The van der Waals surface area contributed by atoms with Crippen LogP contribution >= 0.6 is 11.3 Å². The van der Waals surface area contributed by atoms with Gasteiger partial charge in [0.25, 0.3) is 0 Å². The van der Waals surface area contributed by atoms with Gasteiger partial charge in [0.15, 0.2) is 5.13 Å². The molecule has 2 aromatic rings. The van der Waals surface area contributed by atoms with Gasteiger partial charge in [0.05, 0.1) is 6.20 Å². The highest BCUT2D eigenvalue weighted by Gasteiger charge is 2.46. The topological polar surface area (TPSA) is 54.3 Å². The monoisotopic (exact) mass is 317 g/mol. The summed E-state index contributed by atoms with van der Waals surface area (Å²) in [5, 5.41) is 7.26. The molecule has 0 bridgehead atoms. The van der Waals surface area contributed by atoms with Crippen molar-refractivity contribution in [3.63, 3.8) is 0 Å². The van der Waals surface area contributed by atoms with Crippen LogP contribution in [-0.4, -0.2) is 51.8 Å². The Hall–Kier alpha value is -1.89. The number of anilines is 1. The number of nitrogens with zero attached hydrogens (tertiary/aromatic N) is 5. The number of carbonyl (C=O) groups is 1. The molecule has 2 atom stereocenters. The highest BCUT2D eigenvalue weighted by Crippen LogP contribution is 2.48. The van der Waals surface area contributed by atoms with Gasteiger partial charge >= 0.3 is 0 Å². The summed E-state index contributed by atoms with van der Waals surface area (Å²) in [6, 6.07) is 0. The van der Waals surface area contributed by atoms with E-state index in [1.807, 2.05) is 40.6 Å². The Balaban J connectivity index is 1.33. The van der Waals surface area contributed by atoms with E-state index in [-0.39, 0.29) is 5.92 Å². The first-order valence-electron chi connectivity index (χ1n) is 7.64. The Bertz CT molecular complexity index is 659. The molecule has 2 fully saturated rings. The SMILES string of the molecule is Cn1cc(C2CC2C(=O)N2CCN(c3nccs3)CC2)cn1. The van der Waals surface area contributed by atoms with Gasteiger partial charge < -0.3 is 9.80 Å². The summed E-state index contributed by atoms with van der Waals surface area (Å²) in [6.07, 6.45) is 6.72. The van der Waals surface area contributed by atoms with E-state index >= 15 is 0 Å². The summed E-state index contributed by atoms with van der Waals surface area (Å²) in [5.41, 5.74) is 1.20. The van der Waals surface area contributed by atoms with Gasteiger partial charge in [-0.05, 0) is 17.9 Å². The first-order chi connectivity index (χ1) is 10.7.